The summed E-state index contributed by atoms with van der Waals surface area (Å²) < 4.78 is 0. The van der Waals surface area contributed by atoms with Crippen molar-refractivity contribution >= 4 is 23.2 Å². The molecule has 1 fully saturated rings. The second-order valence-electron chi connectivity index (χ2n) is 5.33. The van der Waals surface area contributed by atoms with Crippen LogP contribution in [0.2, 0.25) is 10.0 Å². The molecular weight excluding hydrogens is 265 g/mol. The fraction of sp³-hybridized carbons (Fsp3) is 0.600. The van der Waals surface area contributed by atoms with E-state index in [0.29, 0.717) is 16.0 Å². The van der Waals surface area contributed by atoms with Gasteiger partial charge in [0.05, 0.1) is 10.0 Å². The summed E-state index contributed by atoms with van der Waals surface area (Å²) in [4.78, 5) is 0. The molecule has 18 heavy (non-hydrogen) atoms. The molecule has 1 aromatic rings. The van der Waals surface area contributed by atoms with Crippen molar-refractivity contribution in [2.75, 3.05) is 0 Å². The molecule has 0 aliphatic heterocycles. The van der Waals surface area contributed by atoms with Crippen LogP contribution in [0.3, 0.4) is 0 Å². The minimum absolute atomic E-state index is 0.207. The van der Waals surface area contributed by atoms with Gasteiger partial charge in [0.25, 0.3) is 0 Å². The van der Waals surface area contributed by atoms with Crippen molar-refractivity contribution in [3.63, 3.8) is 0 Å². The lowest BCUT2D eigenvalue weighted by Gasteiger charge is -2.23. The van der Waals surface area contributed by atoms with Crippen LogP contribution in [0, 0.1) is 5.92 Å². The molecule has 0 heterocycles. The maximum absolute atomic E-state index is 6.37. The van der Waals surface area contributed by atoms with Crippen molar-refractivity contribution in [1.29, 1.82) is 0 Å². The van der Waals surface area contributed by atoms with Gasteiger partial charge in [0.2, 0.25) is 0 Å². The third-order valence-corrected chi connectivity index (χ3v) is 4.85. The van der Waals surface area contributed by atoms with Crippen molar-refractivity contribution in [2.45, 2.75) is 51.0 Å². The average molecular weight is 286 g/mol. The quantitative estimate of drug-likeness (QED) is 0.791. The van der Waals surface area contributed by atoms with Crippen molar-refractivity contribution in [2.24, 2.45) is 11.7 Å². The molecule has 2 rings (SSSR count). The van der Waals surface area contributed by atoms with Crippen LogP contribution >= 0.6 is 23.2 Å². The lowest BCUT2D eigenvalue weighted by Crippen LogP contribution is -2.32. The molecule has 2 N–H and O–H groups in total. The van der Waals surface area contributed by atoms with Gasteiger partial charge in [-0.15, -0.1) is 0 Å². The molecule has 0 bridgehead atoms. The fourth-order valence-corrected chi connectivity index (χ4v) is 3.26. The van der Waals surface area contributed by atoms with E-state index in [-0.39, 0.29) is 6.04 Å². The van der Waals surface area contributed by atoms with Gasteiger partial charge in [-0.1, -0.05) is 61.0 Å². The Bertz CT molecular complexity index is 384. The standard InChI is InChI=1S/C15H21Cl2N/c16-13-9-5-8-12(15(13)17)10-14(18)11-6-3-1-2-4-7-11/h5,8-9,11,14H,1-4,6-7,10,18H2. The highest BCUT2D eigenvalue weighted by Gasteiger charge is 2.20. The van der Waals surface area contributed by atoms with Crippen molar-refractivity contribution in [1.82, 2.24) is 0 Å². The van der Waals surface area contributed by atoms with Gasteiger partial charge in [0, 0.05) is 6.04 Å². The number of halogens is 2. The summed E-state index contributed by atoms with van der Waals surface area (Å²) >= 11 is 12.3. The smallest absolute Gasteiger partial charge is 0.0624 e. The number of hydrogen-bond donors (Lipinski definition) is 1. The van der Waals surface area contributed by atoms with Crippen LogP contribution in [-0.2, 0) is 6.42 Å². The molecule has 1 saturated carbocycles. The highest BCUT2D eigenvalue weighted by atomic mass is 35.5. The zero-order valence-corrected chi connectivity index (χ0v) is 12.2. The van der Waals surface area contributed by atoms with E-state index in [1.807, 2.05) is 18.2 Å². The number of rotatable bonds is 3. The van der Waals surface area contributed by atoms with E-state index in [1.165, 1.54) is 38.5 Å². The van der Waals surface area contributed by atoms with Gasteiger partial charge in [0.1, 0.15) is 0 Å². The summed E-state index contributed by atoms with van der Waals surface area (Å²) in [6, 6.07) is 6.01. The number of nitrogens with two attached hydrogens (primary N) is 1. The maximum Gasteiger partial charge on any atom is 0.0624 e. The Kier molecular flexibility index (Phi) is 5.35. The molecule has 0 spiro atoms. The van der Waals surface area contributed by atoms with Gasteiger partial charge >= 0.3 is 0 Å². The minimum atomic E-state index is 0.207. The van der Waals surface area contributed by atoms with Crippen molar-refractivity contribution < 1.29 is 0 Å². The van der Waals surface area contributed by atoms with Crippen molar-refractivity contribution in [3.05, 3.63) is 33.8 Å². The average Bonchev–Trinajstić information content (AvgIpc) is 2.63. The highest BCUT2D eigenvalue weighted by molar-refractivity contribution is 6.42. The Hall–Kier alpha value is -0.240. The van der Waals surface area contributed by atoms with E-state index >= 15 is 0 Å². The maximum atomic E-state index is 6.37. The first-order chi connectivity index (χ1) is 8.68. The Labute approximate surface area is 120 Å². The Morgan fingerprint density at radius 2 is 1.78 bits per heavy atom. The molecule has 0 radical (unpaired) electrons. The molecular formula is C15H21Cl2N. The van der Waals surface area contributed by atoms with E-state index in [2.05, 4.69) is 0 Å². The summed E-state index contributed by atoms with van der Waals surface area (Å²) in [6.07, 6.45) is 8.73. The summed E-state index contributed by atoms with van der Waals surface area (Å²) in [5.74, 6) is 0.641. The summed E-state index contributed by atoms with van der Waals surface area (Å²) in [5.41, 5.74) is 7.45. The first-order valence-corrected chi connectivity index (χ1v) is 7.62. The van der Waals surface area contributed by atoms with E-state index in [4.69, 9.17) is 28.9 Å². The van der Waals surface area contributed by atoms with Crippen LogP contribution in [0.4, 0.5) is 0 Å². The topological polar surface area (TPSA) is 26.0 Å². The lowest BCUT2D eigenvalue weighted by atomic mass is 9.88. The third kappa shape index (κ3) is 3.63. The summed E-state index contributed by atoms with van der Waals surface area (Å²) in [7, 11) is 0. The predicted octanol–water partition coefficient (Wildman–Crippen LogP) is 4.83. The fourth-order valence-electron chi connectivity index (χ4n) is 2.87. The van der Waals surface area contributed by atoms with Gasteiger partial charge in [-0.05, 0) is 36.8 Å². The Morgan fingerprint density at radius 3 is 2.44 bits per heavy atom. The van der Waals surface area contributed by atoms with Crippen LogP contribution < -0.4 is 5.73 Å². The van der Waals surface area contributed by atoms with Crippen LogP contribution in [0.25, 0.3) is 0 Å². The van der Waals surface area contributed by atoms with Gasteiger partial charge < -0.3 is 5.73 Å². The van der Waals surface area contributed by atoms with Crippen molar-refractivity contribution in [3.8, 4) is 0 Å². The first-order valence-electron chi connectivity index (χ1n) is 6.87. The number of hydrogen-bond acceptors (Lipinski definition) is 1. The van der Waals surface area contributed by atoms with E-state index < -0.39 is 0 Å². The largest absolute Gasteiger partial charge is 0.327 e. The second kappa shape index (κ2) is 6.79. The first kappa shape index (κ1) is 14.2. The zero-order chi connectivity index (χ0) is 13.0. The van der Waals surface area contributed by atoms with Gasteiger partial charge in [-0.3, -0.25) is 0 Å². The molecule has 0 saturated heterocycles. The molecule has 3 heteroatoms. The molecule has 1 aliphatic rings. The molecule has 1 atom stereocenters. The predicted molar refractivity (Wildman–Crippen MR) is 79.3 cm³/mol. The molecule has 100 valence electrons. The molecule has 1 aliphatic carbocycles. The lowest BCUT2D eigenvalue weighted by molar-refractivity contribution is 0.372. The second-order valence-corrected chi connectivity index (χ2v) is 6.12. The summed E-state index contributed by atoms with van der Waals surface area (Å²) in [6.45, 7) is 0. The van der Waals surface area contributed by atoms with Gasteiger partial charge in [0.15, 0.2) is 0 Å². The van der Waals surface area contributed by atoms with E-state index in [0.717, 1.165) is 12.0 Å². The third-order valence-electron chi connectivity index (χ3n) is 3.99. The van der Waals surface area contributed by atoms with Gasteiger partial charge in [-0.2, -0.15) is 0 Å². The SMILES string of the molecule is NC(Cc1cccc(Cl)c1Cl)C1CCCCCC1. The van der Waals surface area contributed by atoms with Crippen LogP contribution in [0.1, 0.15) is 44.1 Å². The molecule has 1 aromatic carbocycles. The molecule has 0 aromatic heterocycles. The minimum Gasteiger partial charge on any atom is -0.327 e. The molecule has 1 unspecified atom stereocenters. The van der Waals surface area contributed by atoms with Crippen LogP contribution in [0.5, 0.6) is 0 Å². The number of benzene rings is 1. The molecule has 0 amide bonds. The normalized spacial score (nSPS) is 19.5. The van der Waals surface area contributed by atoms with Gasteiger partial charge in [-0.25, -0.2) is 0 Å². The highest BCUT2D eigenvalue weighted by Crippen LogP contribution is 2.30. The zero-order valence-electron chi connectivity index (χ0n) is 10.7. The summed E-state index contributed by atoms with van der Waals surface area (Å²) in [5, 5.41) is 1.30. The van der Waals surface area contributed by atoms with Crippen LogP contribution in [-0.4, -0.2) is 6.04 Å². The van der Waals surface area contributed by atoms with Crippen LogP contribution in [0.15, 0.2) is 18.2 Å². The Balaban J connectivity index is 2.01. The van der Waals surface area contributed by atoms with E-state index in [9.17, 15) is 0 Å². The molecule has 1 nitrogen and oxygen atoms in total. The van der Waals surface area contributed by atoms with E-state index in [1.54, 1.807) is 0 Å². The monoisotopic (exact) mass is 285 g/mol. The Morgan fingerprint density at radius 1 is 1.11 bits per heavy atom.